The van der Waals surface area contributed by atoms with Crippen molar-refractivity contribution >= 4 is 35.1 Å². The largest absolute Gasteiger partial charge is 0.497 e. The lowest BCUT2D eigenvalue weighted by Gasteiger charge is -2.35. The predicted octanol–water partition coefficient (Wildman–Crippen LogP) is 4.90. The second kappa shape index (κ2) is 13.3. The van der Waals surface area contributed by atoms with Crippen LogP contribution in [0.3, 0.4) is 0 Å². The Labute approximate surface area is 260 Å². The number of benzene rings is 2. The fraction of sp³-hybridized carbons (Fsp3) is 0.419. The van der Waals surface area contributed by atoms with Crippen LogP contribution in [-0.4, -0.2) is 85.1 Å². The van der Waals surface area contributed by atoms with Crippen LogP contribution in [0.2, 0.25) is 0 Å². The van der Waals surface area contributed by atoms with Gasteiger partial charge in [-0.05, 0) is 43.3 Å². The number of anilines is 4. The fourth-order valence-corrected chi connectivity index (χ4v) is 5.58. The Balaban J connectivity index is 1.39. The normalized spacial score (nSPS) is 16.0. The first kappa shape index (κ1) is 32.0. The molecule has 1 aromatic heterocycles. The van der Waals surface area contributed by atoms with Crippen LogP contribution in [0.15, 0.2) is 42.6 Å². The zero-order valence-corrected chi connectivity index (χ0v) is 25.7. The number of hydrogen-bond donors (Lipinski definition) is 2. The van der Waals surface area contributed by atoms with E-state index in [2.05, 4.69) is 32.4 Å². The lowest BCUT2D eigenvalue weighted by molar-refractivity contribution is -0.138. The zero-order chi connectivity index (χ0) is 32.3. The van der Waals surface area contributed by atoms with Crippen molar-refractivity contribution < 1.29 is 27.5 Å². The predicted molar refractivity (Wildman–Crippen MR) is 166 cm³/mol. The van der Waals surface area contributed by atoms with Gasteiger partial charge in [-0.25, -0.2) is 9.78 Å². The lowest BCUT2D eigenvalue weighted by Crippen LogP contribution is -2.48. The monoisotopic (exact) mass is 626 g/mol. The summed E-state index contributed by atoms with van der Waals surface area (Å²) in [5.41, 5.74) is 0.569. The van der Waals surface area contributed by atoms with E-state index in [1.165, 1.54) is 41.2 Å². The molecule has 1 fully saturated rings. The number of piperazine rings is 1. The molecule has 2 aliphatic rings. The van der Waals surface area contributed by atoms with E-state index in [1.807, 2.05) is 11.8 Å². The first-order valence-corrected chi connectivity index (χ1v) is 14.8. The van der Waals surface area contributed by atoms with Gasteiger partial charge in [0.2, 0.25) is 5.95 Å². The number of ether oxygens (including phenoxy) is 1. The highest BCUT2D eigenvalue weighted by molar-refractivity contribution is 6.08. The summed E-state index contributed by atoms with van der Waals surface area (Å²) in [6.07, 6.45) is -2.96. The molecule has 2 aliphatic heterocycles. The van der Waals surface area contributed by atoms with E-state index in [4.69, 9.17) is 4.74 Å². The van der Waals surface area contributed by atoms with Gasteiger partial charge in [0.25, 0.3) is 5.91 Å². The van der Waals surface area contributed by atoms with Gasteiger partial charge in [-0.3, -0.25) is 19.5 Å². The summed E-state index contributed by atoms with van der Waals surface area (Å²) in [4.78, 5) is 42.9. The van der Waals surface area contributed by atoms with E-state index in [0.717, 1.165) is 25.7 Å². The molecule has 240 valence electrons. The molecule has 0 saturated carbocycles. The number of aromatic nitrogens is 2. The number of halogens is 3. The standard InChI is InChI=1S/C31H37F3N8O3/c1-5-39-9-11-40(12-10-39)18-20-7-8-23(15-26(20)31(32,33)34)37-28(43)21-13-24(16-25(14-21)45-4)42-19-22-17-36-29(35-3)38-27(22)41(6-2)30(42)44/h7-8,13-17H,5-6,9-12,18-19H2,1-4H3,(H,37,43)(H,35,36,38). The van der Waals surface area contributed by atoms with Crippen molar-refractivity contribution in [1.29, 1.82) is 0 Å². The Kier molecular flexibility index (Phi) is 9.44. The third kappa shape index (κ3) is 6.96. The first-order chi connectivity index (χ1) is 21.5. The molecule has 11 nitrogen and oxygen atoms in total. The van der Waals surface area contributed by atoms with Gasteiger partial charge in [0.1, 0.15) is 11.6 Å². The number of urea groups is 1. The minimum Gasteiger partial charge on any atom is -0.497 e. The average Bonchev–Trinajstić information content (AvgIpc) is 3.04. The SMILES string of the molecule is CCN1CCN(Cc2ccc(NC(=O)c3cc(OC)cc(N4Cc5cnc(NC)nc5N(CC)C4=O)c3)cc2C(F)(F)F)CC1. The number of likely N-dealkylation sites (N-methyl/N-ethyl adjacent to an activating group) is 1. The third-order valence-corrected chi connectivity index (χ3v) is 8.11. The molecule has 1 saturated heterocycles. The van der Waals surface area contributed by atoms with E-state index in [1.54, 1.807) is 19.3 Å². The van der Waals surface area contributed by atoms with E-state index < -0.39 is 17.6 Å². The summed E-state index contributed by atoms with van der Waals surface area (Å²) in [6.45, 7) is 8.46. The molecule has 45 heavy (non-hydrogen) atoms. The Morgan fingerprint density at radius 3 is 2.40 bits per heavy atom. The van der Waals surface area contributed by atoms with Crippen LogP contribution in [0.5, 0.6) is 5.75 Å². The summed E-state index contributed by atoms with van der Waals surface area (Å²) >= 11 is 0. The van der Waals surface area contributed by atoms with Crippen LogP contribution >= 0.6 is 0 Å². The molecule has 2 N–H and O–H groups in total. The van der Waals surface area contributed by atoms with E-state index in [-0.39, 0.29) is 35.9 Å². The van der Waals surface area contributed by atoms with Crippen molar-refractivity contribution in [3.63, 3.8) is 0 Å². The van der Waals surface area contributed by atoms with E-state index in [0.29, 0.717) is 48.4 Å². The number of carbonyl (C=O) groups excluding carboxylic acids is 2. The maximum atomic E-state index is 14.2. The molecule has 3 aromatic rings. The Hall–Kier alpha value is -4.43. The van der Waals surface area contributed by atoms with Crippen LogP contribution < -0.4 is 25.2 Å². The Morgan fingerprint density at radius 1 is 1.02 bits per heavy atom. The number of nitrogens with one attached hydrogen (secondary N) is 2. The van der Waals surface area contributed by atoms with Gasteiger partial charge in [-0.15, -0.1) is 0 Å². The lowest BCUT2D eigenvalue weighted by atomic mass is 10.0. The number of methoxy groups -OCH3 is 1. The van der Waals surface area contributed by atoms with Crippen molar-refractivity contribution in [1.82, 2.24) is 19.8 Å². The summed E-state index contributed by atoms with van der Waals surface area (Å²) in [5.74, 6) is 0.526. The summed E-state index contributed by atoms with van der Waals surface area (Å²) in [6, 6.07) is 8.12. The number of carbonyl (C=O) groups is 2. The highest BCUT2D eigenvalue weighted by Gasteiger charge is 2.35. The Morgan fingerprint density at radius 2 is 1.76 bits per heavy atom. The van der Waals surface area contributed by atoms with E-state index in [9.17, 15) is 22.8 Å². The number of amides is 3. The Bertz CT molecular complexity index is 1560. The number of rotatable bonds is 9. The molecular formula is C31H37F3N8O3. The molecule has 3 amide bonds. The molecule has 5 rings (SSSR count). The highest BCUT2D eigenvalue weighted by Crippen LogP contribution is 2.36. The molecule has 0 aliphatic carbocycles. The first-order valence-electron chi connectivity index (χ1n) is 14.8. The summed E-state index contributed by atoms with van der Waals surface area (Å²) in [7, 11) is 3.11. The number of hydrogen-bond acceptors (Lipinski definition) is 8. The van der Waals surface area contributed by atoms with Gasteiger partial charge in [0, 0.05) is 75.4 Å². The van der Waals surface area contributed by atoms with Crippen molar-refractivity contribution in [2.45, 2.75) is 33.1 Å². The summed E-state index contributed by atoms with van der Waals surface area (Å²) < 4.78 is 47.9. The number of fused-ring (bicyclic) bond motifs is 1. The smallest absolute Gasteiger partial charge is 0.416 e. The van der Waals surface area contributed by atoms with Crippen LogP contribution in [0.25, 0.3) is 0 Å². The number of nitrogens with zero attached hydrogens (tertiary/aromatic N) is 6. The van der Waals surface area contributed by atoms with Gasteiger partial charge in [-0.1, -0.05) is 13.0 Å². The maximum Gasteiger partial charge on any atom is 0.416 e. The molecule has 0 spiro atoms. The molecule has 2 aromatic carbocycles. The van der Waals surface area contributed by atoms with Crippen molar-refractivity contribution in [2.24, 2.45) is 0 Å². The van der Waals surface area contributed by atoms with Gasteiger partial charge in [0.05, 0.1) is 24.9 Å². The summed E-state index contributed by atoms with van der Waals surface area (Å²) in [5, 5.41) is 5.47. The molecule has 0 radical (unpaired) electrons. The number of alkyl halides is 3. The van der Waals surface area contributed by atoms with Gasteiger partial charge in [-0.2, -0.15) is 18.2 Å². The second-order valence-electron chi connectivity index (χ2n) is 10.9. The topological polar surface area (TPSA) is 106 Å². The van der Waals surface area contributed by atoms with Crippen LogP contribution in [-0.2, 0) is 19.3 Å². The van der Waals surface area contributed by atoms with Gasteiger partial charge in [0.15, 0.2) is 0 Å². The minimum atomic E-state index is -4.60. The molecule has 3 heterocycles. The van der Waals surface area contributed by atoms with Gasteiger partial charge >= 0.3 is 12.2 Å². The third-order valence-electron chi connectivity index (χ3n) is 8.11. The zero-order valence-electron chi connectivity index (χ0n) is 25.7. The quantitative estimate of drug-likeness (QED) is 0.346. The van der Waals surface area contributed by atoms with Crippen LogP contribution in [0.1, 0.15) is 40.9 Å². The van der Waals surface area contributed by atoms with Crippen molar-refractivity contribution in [3.05, 3.63) is 64.8 Å². The van der Waals surface area contributed by atoms with Crippen LogP contribution in [0.4, 0.5) is 41.1 Å². The molecule has 0 atom stereocenters. The molecular weight excluding hydrogens is 589 g/mol. The van der Waals surface area contributed by atoms with Crippen molar-refractivity contribution in [2.75, 3.05) is 73.9 Å². The van der Waals surface area contributed by atoms with E-state index >= 15 is 0 Å². The molecule has 14 heteroatoms. The fourth-order valence-electron chi connectivity index (χ4n) is 5.58. The average molecular weight is 627 g/mol. The van der Waals surface area contributed by atoms with Crippen molar-refractivity contribution in [3.8, 4) is 5.75 Å². The second-order valence-corrected chi connectivity index (χ2v) is 10.9. The molecule has 0 unspecified atom stereocenters. The van der Waals surface area contributed by atoms with Crippen LogP contribution in [0, 0.1) is 0 Å². The maximum absolute atomic E-state index is 14.2. The minimum absolute atomic E-state index is 0.00821. The van der Waals surface area contributed by atoms with Gasteiger partial charge < -0.3 is 20.3 Å². The molecule has 0 bridgehead atoms. The highest BCUT2D eigenvalue weighted by atomic mass is 19.4.